The lowest BCUT2D eigenvalue weighted by atomic mass is 10.1. The highest BCUT2D eigenvalue weighted by atomic mass is 32.2. The first-order valence-corrected chi connectivity index (χ1v) is 8.17. The van der Waals surface area contributed by atoms with Crippen LogP contribution in [-0.2, 0) is 16.4 Å². The molecule has 6 heteroatoms. The summed E-state index contributed by atoms with van der Waals surface area (Å²) in [7, 11) is -3.69. The SMILES string of the molecule is CCc1nc(S(N)(=O)=O)cn1C1CCCCCC1. The first kappa shape index (κ1) is 13.5. The zero-order chi connectivity index (χ0) is 13.2. The molecule has 0 saturated heterocycles. The molecular formula is C12H21N3O2S. The summed E-state index contributed by atoms with van der Waals surface area (Å²) in [5.74, 6) is 0.825. The Hall–Kier alpha value is -0.880. The zero-order valence-electron chi connectivity index (χ0n) is 10.8. The maximum absolute atomic E-state index is 11.4. The summed E-state index contributed by atoms with van der Waals surface area (Å²) in [6.45, 7) is 1.99. The van der Waals surface area contributed by atoms with Crippen LogP contribution < -0.4 is 5.14 Å². The lowest BCUT2D eigenvalue weighted by molar-refractivity contribution is 0.430. The molecule has 1 aromatic heterocycles. The van der Waals surface area contributed by atoms with Gasteiger partial charge in [0.15, 0.2) is 5.03 Å². The molecule has 1 aliphatic rings. The standard InChI is InChI=1S/C12H21N3O2S/c1-2-11-14-12(18(13,16)17)9-15(11)10-7-5-3-4-6-8-10/h9-10H,2-8H2,1H3,(H2,13,16,17). The number of nitrogens with zero attached hydrogens (tertiary/aromatic N) is 2. The number of aromatic nitrogens is 2. The molecule has 1 fully saturated rings. The first-order valence-electron chi connectivity index (χ1n) is 6.63. The molecule has 1 saturated carbocycles. The van der Waals surface area contributed by atoms with Crippen molar-refractivity contribution in [2.75, 3.05) is 0 Å². The van der Waals surface area contributed by atoms with Gasteiger partial charge in [-0.25, -0.2) is 18.5 Å². The zero-order valence-corrected chi connectivity index (χ0v) is 11.6. The predicted molar refractivity (Wildman–Crippen MR) is 69.7 cm³/mol. The van der Waals surface area contributed by atoms with Gasteiger partial charge in [-0.3, -0.25) is 0 Å². The number of hydrogen-bond donors (Lipinski definition) is 1. The number of sulfonamides is 1. The van der Waals surface area contributed by atoms with Gasteiger partial charge in [-0.05, 0) is 12.8 Å². The summed E-state index contributed by atoms with van der Waals surface area (Å²) in [6, 6.07) is 0.380. The molecule has 0 bridgehead atoms. The minimum atomic E-state index is -3.69. The summed E-state index contributed by atoms with van der Waals surface area (Å²) in [5.41, 5.74) is 0. The Labute approximate surface area is 108 Å². The smallest absolute Gasteiger partial charge is 0.257 e. The first-order chi connectivity index (χ1) is 8.52. The Kier molecular flexibility index (Phi) is 4.07. The molecule has 1 aromatic rings. The van der Waals surface area contributed by atoms with Crippen LogP contribution in [0.3, 0.4) is 0 Å². The van der Waals surface area contributed by atoms with Crippen LogP contribution in [0.25, 0.3) is 0 Å². The normalized spacial score (nSPS) is 18.8. The highest BCUT2D eigenvalue weighted by Crippen LogP contribution is 2.29. The van der Waals surface area contributed by atoms with E-state index in [9.17, 15) is 8.42 Å². The highest BCUT2D eigenvalue weighted by molar-refractivity contribution is 7.89. The van der Waals surface area contributed by atoms with E-state index in [4.69, 9.17) is 5.14 Å². The second-order valence-corrected chi connectivity index (χ2v) is 6.45. The van der Waals surface area contributed by atoms with Gasteiger partial charge in [-0.2, -0.15) is 0 Å². The van der Waals surface area contributed by atoms with Crippen molar-refractivity contribution in [3.05, 3.63) is 12.0 Å². The van der Waals surface area contributed by atoms with Gasteiger partial charge in [0.25, 0.3) is 10.0 Å². The van der Waals surface area contributed by atoms with Crippen LogP contribution in [0, 0.1) is 0 Å². The molecule has 0 unspecified atom stereocenters. The van der Waals surface area contributed by atoms with Gasteiger partial charge in [0.05, 0.1) is 0 Å². The summed E-state index contributed by atoms with van der Waals surface area (Å²) in [6.07, 6.45) is 9.51. The average molecular weight is 271 g/mol. The van der Waals surface area contributed by atoms with E-state index in [0.717, 1.165) is 25.1 Å². The van der Waals surface area contributed by atoms with Crippen molar-refractivity contribution >= 4 is 10.0 Å². The second kappa shape index (κ2) is 5.40. The van der Waals surface area contributed by atoms with Crippen LogP contribution in [0.5, 0.6) is 0 Å². The average Bonchev–Trinajstić information content (AvgIpc) is 2.57. The van der Waals surface area contributed by atoms with E-state index < -0.39 is 10.0 Å². The summed E-state index contributed by atoms with van der Waals surface area (Å²) in [5, 5.41) is 5.15. The van der Waals surface area contributed by atoms with E-state index >= 15 is 0 Å². The topological polar surface area (TPSA) is 78.0 Å². The number of imidazole rings is 1. The number of primary sulfonamides is 1. The predicted octanol–water partition coefficient (Wildman–Crippen LogP) is 1.99. The fourth-order valence-corrected chi connectivity index (χ4v) is 3.15. The Balaban J connectivity index is 2.33. The molecule has 5 nitrogen and oxygen atoms in total. The van der Waals surface area contributed by atoms with Gasteiger partial charge in [0.2, 0.25) is 0 Å². The van der Waals surface area contributed by atoms with Gasteiger partial charge in [0.1, 0.15) is 5.82 Å². The quantitative estimate of drug-likeness (QED) is 0.854. The Bertz CT molecular complexity index is 499. The van der Waals surface area contributed by atoms with Gasteiger partial charge >= 0.3 is 0 Å². The Morgan fingerprint density at radius 3 is 2.44 bits per heavy atom. The van der Waals surface area contributed by atoms with Crippen LogP contribution in [0.2, 0.25) is 0 Å². The molecule has 0 spiro atoms. The summed E-state index contributed by atoms with van der Waals surface area (Å²) in [4.78, 5) is 4.16. The van der Waals surface area contributed by atoms with E-state index in [1.165, 1.54) is 25.7 Å². The summed E-state index contributed by atoms with van der Waals surface area (Å²) < 4.78 is 24.8. The minimum Gasteiger partial charge on any atom is -0.330 e. The van der Waals surface area contributed by atoms with Crippen LogP contribution >= 0.6 is 0 Å². The van der Waals surface area contributed by atoms with E-state index in [2.05, 4.69) is 4.98 Å². The maximum Gasteiger partial charge on any atom is 0.257 e. The van der Waals surface area contributed by atoms with Gasteiger partial charge in [-0.15, -0.1) is 0 Å². The maximum atomic E-state index is 11.4. The van der Waals surface area contributed by atoms with E-state index in [1.54, 1.807) is 6.20 Å². The Morgan fingerprint density at radius 1 is 1.33 bits per heavy atom. The highest BCUT2D eigenvalue weighted by Gasteiger charge is 2.21. The van der Waals surface area contributed by atoms with Crippen molar-refractivity contribution < 1.29 is 8.42 Å². The van der Waals surface area contributed by atoms with E-state index in [0.29, 0.717) is 6.04 Å². The molecule has 1 heterocycles. The minimum absolute atomic E-state index is 0.00333. The van der Waals surface area contributed by atoms with Crippen molar-refractivity contribution in [3.63, 3.8) is 0 Å². The third-order valence-corrected chi connectivity index (χ3v) is 4.39. The third-order valence-electron chi connectivity index (χ3n) is 3.61. The van der Waals surface area contributed by atoms with Crippen LogP contribution in [0.1, 0.15) is 57.3 Å². The molecule has 0 radical (unpaired) electrons. The van der Waals surface area contributed by atoms with Crippen LogP contribution in [-0.4, -0.2) is 18.0 Å². The molecule has 18 heavy (non-hydrogen) atoms. The van der Waals surface area contributed by atoms with E-state index in [1.807, 2.05) is 11.5 Å². The molecule has 1 aliphatic carbocycles. The third kappa shape index (κ3) is 2.92. The fourth-order valence-electron chi connectivity index (χ4n) is 2.66. The van der Waals surface area contributed by atoms with Crippen molar-refractivity contribution in [1.82, 2.24) is 9.55 Å². The molecule has 102 valence electrons. The second-order valence-electron chi connectivity index (χ2n) is 4.95. The largest absolute Gasteiger partial charge is 0.330 e. The number of aryl methyl sites for hydroxylation is 1. The van der Waals surface area contributed by atoms with Gasteiger partial charge in [0, 0.05) is 18.7 Å². The number of rotatable bonds is 3. The summed E-state index contributed by atoms with van der Waals surface area (Å²) >= 11 is 0. The molecular weight excluding hydrogens is 250 g/mol. The molecule has 0 aromatic carbocycles. The molecule has 2 rings (SSSR count). The molecule has 0 amide bonds. The number of hydrogen-bond acceptors (Lipinski definition) is 3. The molecule has 0 atom stereocenters. The monoisotopic (exact) mass is 271 g/mol. The lowest BCUT2D eigenvalue weighted by Gasteiger charge is -2.18. The van der Waals surface area contributed by atoms with Crippen molar-refractivity contribution in [2.24, 2.45) is 5.14 Å². The van der Waals surface area contributed by atoms with Crippen LogP contribution in [0.4, 0.5) is 0 Å². The molecule has 0 aliphatic heterocycles. The van der Waals surface area contributed by atoms with Crippen molar-refractivity contribution in [1.29, 1.82) is 0 Å². The molecule has 2 N–H and O–H groups in total. The lowest BCUT2D eigenvalue weighted by Crippen LogP contribution is -2.12. The van der Waals surface area contributed by atoms with Crippen molar-refractivity contribution in [3.8, 4) is 0 Å². The fraction of sp³-hybridized carbons (Fsp3) is 0.750. The number of nitrogens with two attached hydrogens (primary N) is 1. The van der Waals surface area contributed by atoms with E-state index in [-0.39, 0.29) is 5.03 Å². The van der Waals surface area contributed by atoms with Crippen LogP contribution in [0.15, 0.2) is 11.2 Å². The van der Waals surface area contributed by atoms with Crippen molar-refractivity contribution in [2.45, 2.75) is 62.9 Å². The Morgan fingerprint density at radius 2 is 1.94 bits per heavy atom. The van der Waals surface area contributed by atoms with Gasteiger partial charge in [-0.1, -0.05) is 32.6 Å². The van der Waals surface area contributed by atoms with Gasteiger partial charge < -0.3 is 4.57 Å².